The van der Waals surface area contributed by atoms with Crippen LogP contribution in [0.2, 0.25) is 0 Å². The Kier molecular flexibility index (Phi) is 4.70. The maximum atomic E-state index is 12.3. The zero-order valence-electron chi connectivity index (χ0n) is 11.6. The van der Waals surface area contributed by atoms with Gasteiger partial charge in [0.05, 0.1) is 5.56 Å². The molecule has 2 rings (SSSR count). The van der Waals surface area contributed by atoms with E-state index in [-0.39, 0.29) is 11.8 Å². The van der Waals surface area contributed by atoms with Crippen molar-refractivity contribution in [2.45, 2.75) is 6.92 Å². The molecule has 0 saturated heterocycles. The fourth-order valence-electron chi connectivity index (χ4n) is 1.90. The zero-order chi connectivity index (χ0) is 15.4. The van der Waals surface area contributed by atoms with Crippen LogP contribution in [0.1, 0.15) is 26.3 Å². The Morgan fingerprint density at radius 1 is 1.10 bits per heavy atom. The highest BCUT2D eigenvalue weighted by atomic mass is 79.9. The van der Waals surface area contributed by atoms with Crippen molar-refractivity contribution >= 4 is 33.4 Å². The molecule has 1 aromatic carbocycles. The third-order valence-corrected chi connectivity index (χ3v) is 3.69. The fourth-order valence-corrected chi connectivity index (χ4v) is 2.33. The predicted molar refractivity (Wildman–Crippen MR) is 84.5 cm³/mol. The van der Waals surface area contributed by atoms with Crippen LogP contribution in [0.4, 0.5) is 5.69 Å². The number of hydrogen-bond acceptors (Lipinski definition) is 3. The second-order valence-corrected chi connectivity index (χ2v) is 5.10. The normalized spacial score (nSPS) is 10.0. The van der Waals surface area contributed by atoms with E-state index in [0.717, 1.165) is 0 Å². The van der Waals surface area contributed by atoms with Crippen LogP contribution in [0, 0.1) is 6.92 Å². The van der Waals surface area contributed by atoms with Crippen molar-refractivity contribution in [1.82, 2.24) is 10.3 Å². The van der Waals surface area contributed by atoms with E-state index < -0.39 is 0 Å². The van der Waals surface area contributed by atoms with Crippen molar-refractivity contribution in [3.05, 3.63) is 57.8 Å². The first-order valence-electron chi connectivity index (χ1n) is 6.28. The number of aromatic nitrogens is 1. The average Bonchev–Trinajstić information content (AvgIpc) is 2.49. The van der Waals surface area contributed by atoms with Crippen molar-refractivity contribution < 1.29 is 9.59 Å². The van der Waals surface area contributed by atoms with Gasteiger partial charge in [-0.25, -0.2) is 4.98 Å². The molecule has 21 heavy (non-hydrogen) atoms. The molecule has 5 nitrogen and oxygen atoms in total. The number of nitrogens with zero attached hydrogens (tertiary/aromatic N) is 1. The second-order valence-electron chi connectivity index (χ2n) is 4.35. The van der Waals surface area contributed by atoms with Crippen molar-refractivity contribution in [3.63, 3.8) is 0 Å². The van der Waals surface area contributed by atoms with E-state index >= 15 is 0 Å². The van der Waals surface area contributed by atoms with E-state index in [9.17, 15) is 9.59 Å². The Balaban J connectivity index is 2.30. The molecule has 108 valence electrons. The van der Waals surface area contributed by atoms with E-state index in [0.29, 0.717) is 27.0 Å². The number of anilines is 1. The molecule has 6 heteroatoms. The summed E-state index contributed by atoms with van der Waals surface area (Å²) in [6.07, 6.45) is 1.60. The first kappa shape index (κ1) is 15.2. The summed E-state index contributed by atoms with van der Waals surface area (Å²) in [4.78, 5) is 28.0. The van der Waals surface area contributed by atoms with E-state index in [1.807, 2.05) is 0 Å². The monoisotopic (exact) mass is 347 g/mol. The number of amides is 2. The number of halogens is 1. The molecular weight excluding hydrogens is 334 g/mol. The van der Waals surface area contributed by atoms with E-state index in [1.165, 1.54) is 0 Å². The Morgan fingerprint density at radius 2 is 1.81 bits per heavy atom. The quantitative estimate of drug-likeness (QED) is 0.838. The Hall–Kier alpha value is -2.21. The minimum atomic E-state index is -0.285. The molecule has 0 bridgehead atoms. The summed E-state index contributed by atoms with van der Waals surface area (Å²) in [6, 6.07) is 8.55. The van der Waals surface area contributed by atoms with Crippen LogP contribution >= 0.6 is 15.9 Å². The van der Waals surface area contributed by atoms with Gasteiger partial charge in [-0.1, -0.05) is 6.07 Å². The molecule has 0 spiro atoms. The maximum absolute atomic E-state index is 12.3. The standard InChI is InChI=1S/C15H14BrN3O2/c1-9-10(14(20)17-2)5-3-7-12(9)19-15(21)11-6-4-8-18-13(11)16/h3-8H,1-2H3,(H,17,20)(H,19,21). The van der Waals surface area contributed by atoms with E-state index in [2.05, 4.69) is 31.5 Å². The summed E-state index contributed by atoms with van der Waals surface area (Å²) in [6.45, 7) is 1.79. The summed E-state index contributed by atoms with van der Waals surface area (Å²) >= 11 is 3.24. The fraction of sp³-hybridized carbons (Fsp3) is 0.133. The highest BCUT2D eigenvalue weighted by Gasteiger charge is 2.14. The van der Waals surface area contributed by atoms with Crippen LogP contribution in [0.5, 0.6) is 0 Å². The van der Waals surface area contributed by atoms with Gasteiger partial charge in [-0.05, 0) is 52.7 Å². The molecule has 0 radical (unpaired) electrons. The van der Waals surface area contributed by atoms with Gasteiger partial charge in [-0.15, -0.1) is 0 Å². The summed E-state index contributed by atoms with van der Waals surface area (Å²) < 4.78 is 0.475. The number of hydrogen-bond donors (Lipinski definition) is 2. The average molecular weight is 348 g/mol. The van der Waals surface area contributed by atoms with Crippen LogP contribution < -0.4 is 10.6 Å². The lowest BCUT2D eigenvalue weighted by Crippen LogP contribution is -2.20. The lowest BCUT2D eigenvalue weighted by atomic mass is 10.1. The van der Waals surface area contributed by atoms with Gasteiger partial charge in [0, 0.05) is 24.5 Å². The molecular formula is C15H14BrN3O2. The van der Waals surface area contributed by atoms with Crippen LogP contribution in [0.15, 0.2) is 41.1 Å². The van der Waals surface area contributed by atoms with Gasteiger partial charge in [0.1, 0.15) is 4.60 Å². The molecule has 0 unspecified atom stereocenters. The zero-order valence-corrected chi connectivity index (χ0v) is 13.2. The minimum Gasteiger partial charge on any atom is -0.355 e. The molecule has 0 aliphatic carbocycles. The van der Waals surface area contributed by atoms with Crippen LogP contribution in [-0.2, 0) is 0 Å². The van der Waals surface area contributed by atoms with Gasteiger partial charge in [0.2, 0.25) is 0 Å². The number of nitrogens with one attached hydrogen (secondary N) is 2. The predicted octanol–water partition coefficient (Wildman–Crippen LogP) is 2.76. The van der Waals surface area contributed by atoms with Crippen LogP contribution in [0.3, 0.4) is 0 Å². The van der Waals surface area contributed by atoms with Crippen LogP contribution in [0.25, 0.3) is 0 Å². The molecule has 2 amide bonds. The van der Waals surface area contributed by atoms with Crippen molar-refractivity contribution in [2.75, 3.05) is 12.4 Å². The number of carbonyl (C=O) groups excluding carboxylic acids is 2. The second kappa shape index (κ2) is 6.49. The lowest BCUT2D eigenvalue weighted by molar-refractivity contribution is 0.0960. The number of carbonyl (C=O) groups is 2. The highest BCUT2D eigenvalue weighted by molar-refractivity contribution is 9.10. The summed E-state index contributed by atoms with van der Waals surface area (Å²) in [7, 11) is 1.57. The highest BCUT2D eigenvalue weighted by Crippen LogP contribution is 2.21. The molecule has 0 atom stereocenters. The molecule has 2 N–H and O–H groups in total. The Bertz CT molecular complexity index is 701. The first-order valence-corrected chi connectivity index (χ1v) is 7.07. The van der Waals surface area contributed by atoms with Crippen molar-refractivity contribution in [1.29, 1.82) is 0 Å². The number of pyridine rings is 1. The molecule has 0 aliphatic rings. The van der Waals surface area contributed by atoms with Gasteiger partial charge in [-0.2, -0.15) is 0 Å². The topological polar surface area (TPSA) is 71.1 Å². The van der Waals surface area contributed by atoms with Crippen molar-refractivity contribution in [3.8, 4) is 0 Å². The van der Waals surface area contributed by atoms with Gasteiger partial charge >= 0.3 is 0 Å². The molecule has 0 aliphatic heterocycles. The van der Waals surface area contributed by atoms with Gasteiger partial charge in [0.25, 0.3) is 11.8 Å². The van der Waals surface area contributed by atoms with Crippen molar-refractivity contribution in [2.24, 2.45) is 0 Å². The smallest absolute Gasteiger partial charge is 0.258 e. The first-order chi connectivity index (χ1) is 10.0. The third-order valence-electron chi connectivity index (χ3n) is 3.06. The molecule has 2 aromatic rings. The third kappa shape index (κ3) is 3.28. The minimum absolute atomic E-state index is 0.189. The SMILES string of the molecule is CNC(=O)c1cccc(NC(=O)c2cccnc2Br)c1C. The van der Waals surface area contributed by atoms with Crippen LogP contribution in [-0.4, -0.2) is 23.8 Å². The van der Waals surface area contributed by atoms with Gasteiger partial charge in [0.15, 0.2) is 0 Å². The summed E-state index contributed by atoms with van der Waals surface area (Å²) in [5.74, 6) is -0.474. The lowest BCUT2D eigenvalue weighted by Gasteiger charge is -2.12. The summed E-state index contributed by atoms with van der Waals surface area (Å²) in [5.41, 5.74) is 2.27. The Labute approximate surface area is 130 Å². The molecule has 1 heterocycles. The molecule has 1 aromatic heterocycles. The van der Waals surface area contributed by atoms with E-state index in [1.54, 1.807) is 50.5 Å². The van der Waals surface area contributed by atoms with Gasteiger partial charge < -0.3 is 10.6 Å². The Morgan fingerprint density at radius 3 is 2.48 bits per heavy atom. The number of rotatable bonds is 3. The molecule has 0 fully saturated rings. The molecule has 0 saturated carbocycles. The number of benzene rings is 1. The largest absolute Gasteiger partial charge is 0.355 e. The van der Waals surface area contributed by atoms with E-state index in [4.69, 9.17) is 0 Å². The maximum Gasteiger partial charge on any atom is 0.258 e. The summed E-state index contributed by atoms with van der Waals surface area (Å²) in [5, 5.41) is 5.37. The van der Waals surface area contributed by atoms with Gasteiger partial charge in [-0.3, -0.25) is 9.59 Å².